The molecule has 5 nitrogen and oxygen atoms in total. The summed E-state index contributed by atoms with van der Waals surface area (Å²) >= 11 is 6.25. The molecule has 0 aliphatic carbocycles. The van der Waals surface area contributed by atoms with E-state index in [1.54, 1.807) is 33.4 Å². The molecule has 0 saturated carbocycles. The van der Waals surface area contributed by atoms with E-state index in [1.807, 2.05) is 36.4 Å². The van der Waals surface area contributed by atoms with Gasteiger partial charge in [0.2, 0.25) is 0 Å². The molecule has 0 fully saturated rings. The molecule has 0 atom stereocenters. The van der Waals surface area contributed by atoms with E-state index in [4.69, 9.17) is 11.6 Å². The number of halogens is 1. The van der Waals surface area contributed by atoms with Crippen molar-refractivity contribution in [3.63, 3.8) is 0 Å². The van der Waals surface area contributed by atoms with Crippen LogP contribution in [0.25, 0.3) is 16.7 Å². The second-order valence-corrected chi connectivity index (χ2v) is 9.08. The standard InChI is InChI=1S/C25H23ClN2O3/c1-25(2,3)18-7-10-20(11-8-18)28-22-14-19(26)9-12-21(22)27(24(28)31)15-16-5-4-6-17(13-16)23(29)30/h4-14H,15H2,1-3H3,(H,29,30). The zero-order chi connectivity index (χ0) is 22.3. The number of hydrogen-bond acceptors (Lipinski definition) is 2. The lowest BCUT2D eigenvalue weighted by Gasteiger charge is -2.19. The number of imidazole rings is 1. The van der Waals surface area contributed by atoms with E-state index in [0.29, 0.717) is 10.5 Å². The fourth-order valence-corrected chi connectivity index (χ4v) is 3.90. The van der Waals surface area contributed by atoms with E-state index in [2.05, 4.69) is 20.8 Å². The molecule has 158 valence electrons. The molecule has 0 amide bonds. The molecule has 6 heteroatoms. The van der Waals surface area contributed by atoms with Crippen molar-refractivity contribution >= 4 is 28.6 Å². The van der Waals surface area contributed by atoms with Crippen molar-refractivity contribution in [3.8, 4) is 5.69 Å². The molecule has 0 radical (unpaired) electrons. The minimum Gasteiger partial charge on any atom is -0.478 e. The predicted molar refractivity (Wildman–Crippen MR) is 124 cm³/mol. The first-order chi connectivity index (χ1) is 14.6. The number of benzene rings is 3. The van der Waals surface area contributed by atoms with E-state index in [0.717, 1.165) is 16.8 Å². The Labute approximate surface area is 185 Å². The topological polar surface area (TPSA) is 64.2 Å². The van der Waals surface area contributed by atoms with Gasteiger partial charge in [-0.25, -0.2) is 9.59 Å². The lowest BCUT2D eigenvalue weighted by atomic mass is 9.87. The van der Waals surface area contributed by atoms with Crippen LogP contribution >= 0.6 is 11.6 Å². The zero-order valence-electron chi connectivity index (χ0n) is 17.6. The van der Waals surface area contributed by atoms with Crippen molar-refractivity contribution in [3.05, 3.63) is 98.9 Å². The van der Waals surface area contributed by atoms with Gasteiger partial charge in [-0.2, -0.15) is 0 Å². The van der Waals surface area contributed by atoms with Crippen LogP contribution in [0.15, 0.2) is 71.5 Å². The smallest absolute Gasteiger partial charge is 0.335 e. The summed E-state index contributed by atoms with van der Waals surface area (Å²) in [6.07, 6.45) is 0. The average Bonchev–Trinajstić information content (AvgIpc) is 2.98. The Bertz CT molecular complexity index is 1340. The molecule has 0 spiro atoms. The van der Waals surface area contributed by atoms with Gasteiger partial charge in [-0.3, -0.25) is 9.13 Å². The number of aromatic nitrogens is 2. The van der Waals surface area contributed by atoms with Crippen LogP contribution in [0.1, 0.15) is 42.3 Å². The summed E-state index contributed by atoms with van der Waals surface area (Å²) in [6.45, 7) is 6.69. The lowest BCUT2D eigenvalue weighted by molar-refractivity contribution is 0.0696. The number of rotatable bonds is 4. The van der Waals surface area contributed by atoms with Crippen LogP contribution in [0.4, 0.5) is 0 Å². The average molecular weight is 435 g/mol. The van der Waals surface area contributed by atoms with Gasteiger partial charge in [0.15, 0.2) is 0 Å². The Morgan fingerprint density at radius 1 is 0.968 bits per heavy atom. The third kappa shape index (κ3) is 4.01. The third-order valence-corrected chi connectivity index (χ3v) is 5.63. The quantitative estimate of drug-likeness (QED) is 0.462. The number of carboxylic acid groups (broad SMARTS) is 1. The largest absolute Gasteiger partial charge is 0.478 e. The molecule has 0 aliphatic heterocycles. The summed E-state index contributed by atoms with van der Waals surface area (Å²) in [5.74, 6) is -0.998. The van der Waals surface area contributed by atoms with E-state index in [1.165, 1.54) is 11.6 Å². The van der Waals surface area contributed by atoms with Crippen molar-refractivity contribution < 1.29 is 9.90 Å². The lowest BCUT2D eigenvalue weighted by Crippen LogP contribution is -2.24. The molecule has 4 rings (SSSR count). The van der Waals surface area contributed by atoms with Crippen molar-refractivity contribution in [2.75, 3.05) is 0 Å². The van der Waals surface area contributed by atoms with E-state index < -0.39 is 5.97 Å². The molecule has 0 bridgehead atoms. The molecular formula is C25H23ClN2O3. The monoisotopic (exact) mass is 434 g/mol. The van der Waals surface area contributed by atoms with Crippen LogP contribution in [0.3, 0.4) is 0 Å². The van der Waals surface area contributed by atoms with Gasteiger partial charge >= 0.3 is 11.7 Å². The second-order valence-electron chi connectivity index (χ2n) is 8.64. The highest BCUT2D eigenvalue weighted by atomic mass is 35.5. The molecule has 0 saturated heterocycles. The summed E-state index contributed by atoms with van der Waals surface area (Å²) in [6, 6.07) is 19.9. The van der Waals surface area contributed by atoms with Crippen LogP contribution in [0, 0.1) is 0 Å². The Morgan fingerprint density at radius 3 is 2.32 bits per heavy atom. The van der Waals surface area contributed by atoms with Crippen molar-refractivity contribution in [2.24, 2.45) is 0 Å². The first-order valence-electron chi connectivity index (χ1n) is 9.99. The molecular weight excluding hydrogens is 412 g/mol. The molecule has 31 heavy (non-hydrogen) atoms. The van der Waals surface area contributed by atoms with Crippen molar-refractivity contribution in [1.29, 1.82) is 0 Å². The second kappa shape index (κ2) is 7.75. The first-order valence-corrected chi connectivity index (χ1v) is 10.4. The number of carbonyl (C=O) groups is 1. The summed E-state index contributed by atoms with van der Waals surface area (Å²) in [5.41, 5.74) is 4.09. The van der Waals surface area contributed by atoms with E-state index in [-0.39, 0.29) is 23.2 Å². The summed E-state index contributed by atoms with van der Waals surface area (Å²) in [4.78, 5) is 24.8. The summed E-state index contributed by atoms with van der Waals surface area (Å²) in [5, 5.41) is 9.82. The SMILES string of the molecule is CC(C)(C)c1ccc(-n2c(=O)n(Cc3cccc(C(=O)O)c3)c3ccc(Cl)cc32)cc1. The summed E-state index contributed by atoms with van der Waals surface area (Å²) < 4.78 is 3.29. The highest BCUT2D eigenvalue weighted by molar-refractivity contribution is 6.31. The number of hydrogen-bond donors (Lipinski definition) is 1. The maximum atomic E-state index is 13.5. The van der Waals surface area contributed by atoms with Crippen LogP contribution in [-0.4, -0.2) is 20.2 Å². The Morgan fingerprint density at radius 2 is 1.68 bits per heavy atom. The number of aromatic carboxylic acids is 1. The van der Waals surface area contributed by atoms with E-state index >= 15 is 0 Å². The van der Waals surface area contributed by atoms with Gasteiger partial charge in [0.25, 0.3) is 0 Å². The molecule has 0 unspecified atom stereocenters. The van der Waals surface area contributed by atoms with Gasteiger partial charge in [-0.15, -0.1) is 0 Å². The zero-order valence-corrected chi connectivity index (χ0v) is 18.3. The van der Waals surface area contributed by atoms with Gasteiger partial charge in [0.1, 0.15) is 0 Å². The fourth-order valence-electron chi connectivity index (χ4n) is 3.73. The molecule has 3 aromatic carbocycles. The molecule has 1 N–H and O–H groups in total. The maximum Gasteiger partial charge on any atom is 0.335 e. The normalized spacial score (nSPS) is 11.7. The van der Waals surface area contributed by atoms with Crippen LogP contribution < -0.4 is 5.69 Å². The van der Waals surface area contributed by atoms with Gasteiger partial charge < -0.3 is 5.11 Å². The fraction of sp³-hybridized carbons (Fsp3) is 0.200. The molecule has 1 aromatic heterocycles. The summed E-state index contributed by atoms with van der Waals surface area (Å²) in [7, 11) is 0. The minimum absolute atomic E-state index is 0.00988. The van der Waals surface area contributed by atoms with Crippen molar-refractivity contribution in [2.45, 2.75) is 32.7 Å². The van der Waals surface area contributed by atoms with Gasteiger partial charge in [0.05, 0.1) is 28.8 Å². The Kier molecular flexibility index (Phi) is 5.23. The van der Waals surface area contributed by atoms with Crippen LogP contribution in [0.5, 0.6) is 0 Å². The van der Waals surface area contributed by atoms with Crippen molar-refractivity contribution in [1.82, 2.24) is 9.13 Å². The van der Waals surface area contributed by atoms with Crippen LogP contribution in [-0.2, 0) is 12.0 Å². The third-order valence-electron chi connectivity index (χ3n) is 5.40. The maximum absolute atomic E-state index is 13.5. The van der Waals surface area contributed by atoms with Gasteiger partial charge in [0, 0.05) is 5.02 Å². The highest BCUT2D eigenvalue weighted by Crippen LogP contribution is 2.26. The highest BCUT2D eigenvalue weighted by Gasteiger charge is 2.18. The number of nitrogens with zero attached hydrogens (tertiary/aromatic N) is 2. The molecule has 0 aliphatic rings. The molecule has 4 aromatic rings. The number of fused-ring (bicyclic) bond motifs is 1. The Hall–Kier alpha value is -3.31. The van der Waals surface area contributed by atoms with Gasteiger partial charge in [-0.1, -0.05) is 56.6 Å². The van der Waals surface area contributed by atoms with E-state index in [9.17, 15) is 14.7 Å². The predicted octanol–water partition coefficient (Wildman–Crippen LogP) is 5.49. The molecule has 1 heterocycles. The minimum atomic E-state index is -0.998. The number of carboxylic acids is 1. The Balaban J connectivity index is 1.87. The van der Waals surface area contributed by atoms with Gasteiger partial charge in [-0.05, 0) is 59.0 Å². The first kappa shape index (κ1) is 20.9. The van der Waals surface area contributed by atoms with Crippen LogP contribution in [0.2, 0.25) is 5.02 Å².